The van der Waals surface area contributed by atoms with Gasteiger partial charge in [-0.05, 0) is 31.0 Å². The van der Waals surface area contributed by atoms with Crippen LogP contribution in [0.1, 0.15) is 28.5 Å². The van der Waals surface area contributed by atoms with Gasteiger partial charge in [-0.2, -0.15) is 0 Å². The van der Waals surface area contributed by atoms with Gasteiger partial charge in [-0.1, -0.05) is 6.92 Å². The Morgan fingerprint density at radius 1 is 1.32 bits per heavy atom. The van der Waals surface area contributed by atoms with Crippen molar-refractivity contribution in [3.05, 3.63) is 38.5 Å². The summed E-state index contributed by atoms with van der Waals surface area (Å²) in [5.74, 6) is 0. The first-order valence-corrected chi connectivity index (χ1v) is 8.95. The van der Waals surface area contributed by atoms with E-state index in [-0.39, 0.29) is 0 Å². The van der Waals surface area contributed by atoms with Crippen molar-refractivity contribution in [1.82, 2.24) is 10.3 Å². The van der Waals surface area contributed by atoms with Crippen molar-refractivity contribution < 1.29 is 0 Å². The van der Waals surface area contributed by atoms with Crippen LogP contribution in [0.3, 0.4) is 0 Å². The maximum Gasteiger partial charge on any atom is 0.0897 e. The molecule has 3 heterocycles. The Balaban J connectivity index is 1.85. The zero-order chi connectivity index (χ0) is 13.2. The first-order chi connectivity index (χ1) is 9.26. The standard InChI is InChI=1S/C14H16N2S3/c1-3-15-11(6-10-8-18-9(2)16-10)13-7-14-12(19-13)4-5-17-14/h4-5,7-8,11,15H,3,6H2,1-2H3. The summed E-state index contributed by atoms with van der Waals surface area (Å²) in [4.78, 5) is 6.01. The van der Waals surface area contributed by atoms with Crippen LogP contribution in [0.5, 0.6) is 0 Å². The lowest BCUT2D eigenvalue weighted by atomic mass is 10.1. The summed E-state index contributed by atoms with van der Waals surface area (Å²) in [6, 6.07) is 4.93. The Kier molecular flexibility index (Phi) is 3.98. The number of aromatic nitrogens is 1. The van der Waals surface area contributed by atoms with Gasteiger partial charge in [0.25, 0.3) is 0 Å². The van der Waals surface area contributed by atoms with Gasteiger partial charge in [-0.15, -0.1) is 34.0 Å². The molecule has 0 amide bonds. The topological polar surface area (TPSA) is 24.9 Å². The molecule has 19 heavy (non-hydrogen) atoms. The maximum atomic E-state index is 4.59. The number of aryl methyl sites for hydroxylation is 1. The summed E-state index contributed by atoms with van der Waals surface area (Å²) in [5.41, 5.74) is 1.20. The van der Waals surface area contributed by atoms with Crippen LogP contribution in [0.2, 0.25) is 0 Å². The number of rotatable bonds is 5. The van der Waals surface area contributed by atoms with Crippen LogP contribution in [-0.2, 0) is 6.42 Å². The molecule has 0 saturated heterocycles. The Morgan fingerprint density at radius 2 is 2.21 bits per heavy atom. The van der Waals surface area contributed by atoms with E-state index in [9.17, 15) is 0 Å². The van der Waals surface area contributed by atoms with Gasteiger partial charge < -0.3 is 5.32 Å². The van der Waals surface area contributed by atoms with Gasteiger partial charge in [-0.25, -0.2) is 4.98 Å². The normalized spacial score (nSPS) is 13.2. The molecule has 0 aliphatic carbocycles. The zero-order valence-electron chi connectivity index (χ0n) is 11.0. The Labute approximate surface area is 125 Å². The SMILES string of the molecule is CCNC(Cc1csc(C)n1)c1cc2sccc2s1. The third-order valence-electron chi connectivity index (χ3n) is 3.03. The molecule has 1 unspecified atom stereocenters. The zero-order valence-corrected chi connectivity index (χ0v) is 13.4. The van der Waals surface area contributed by atoms with Crippen LogP contribution < -0.4 is 5.32 Å². The number of hydrogen-bond donors (Lipinski definition) is 1. The number of thiophene rings is 2. The largest absolute Gasteiger partial charge is 0.309 e. The molecule has 1 N–H and O–H groups in total. The van der Waals surface area contributed by atoms with Gasteiger partial charge in [0.1, 0.15) is 0 Å². The minimum atomic E-state index is 0.385. The second-order valence-electron chi connectivity index (χ2n) is 4.47. The average Bonchev–Trinajstić information content (AvgIpc) is 3.03. The lowest BCUT2D eigenvalue weighted by molar-refractivity contribution is 0.553. The van der Waals surface area contributed by atoms with Gasteiger partial charge in [0.15, 0.2) is 0 Å². The van der Waals surface area contributed by atoms with E-state index in [1.807, 2.05) is 22.7 Å². The molecule has 0 spiro atoms. The van der Waals surface area contributed by atoms with E-state index < -0.39 is 0 Å². The maximum absolute atomic E-state index is 4.59. The van der Waals surface area contributed by atoms with Gasteiger partial charge in [0, 0.05) is 32.1 Å². The van der Waals surface area contributed by atoms with E-state index in [0.29, 0.717) is 6.04 Å². The molecular weight excluding hydrogens is 292 g/mol. The van der Waals surface area contributed by atoms with Crippen molar-refractivity contribution in [2.45, 2.75) is 26.3 Å². The summed E-state index contributed by atoms with van der Waals surface area (Å²) in [5, 5.41) is 9.08. The molecule has 0 saturated carbocycles. The predicted octanol–water partition coefficient (Wildman–Crippen LogP) is 4.62. The van der Waals surface area contributed by atoms with Crippen molar-refractivity contribution in [2.75, 3.05) is 6.54 Å². The monoisotopic (exact) mass is 308 g/mol. The first-order valence-electron chi connectivity index (χ1n) is 6.37. The fraction of sp³-hybridized carbons (Fsp3) is 0.357. The van der Waals surface area contributed by atoms with E-state index in [4.69, 9.17) is 0 Å². The summed E-state index contributed by atoms with van der Waals surface area (Å²) in [6.45, 7) is 5.21. The summed E-state index contributed by atoms with van der Waals surface area (Å²) in [6.07, 6.45) is 0.978. The number of hydrogen-bond acceptors (Lipinski definition) is 5. The molecule has 5 heteroatoms. The van der Waals surface area contributed by atoms with E-state index >= 15 is 0 Å². The fourth-order valence-corrected chi connectivity index (χ4v) is 5.01. The average molecular weight is 308 g/mol. The third-order valence-corrected chi connectivity index (χ3v) is 6.06. The van der Waals surface area contributed by atoms with Gasteiger partial charge >= 0.3 is 0 Å². The summed E-state index contributed by atoms with van der Waals surface area (Å²) in [7, 11) is 0. The molecule has 3 aromatic heterocycles. The lowest BCUT2D eigenvalue weighted by Crippen LogP contribution is -2.22. The van der Waals surface area contributed by atoms with Crippen LogP contribution in [0.4, 0.5) is 0 Å². The minimum Gasteiger partial charge on any atom is -0.309 e. The number of fused-ring (bicyclic) bond motifs is 1. The second-order valence-corrected chi connectivity index (χ2v) is 7.60. The highest BCUT2D eigenvalue weighted by Gasteiger charge is 2.16. The van der Waals surface area contributed by atoms with Crippen LogP contribution in [0, 0.1) is 6.92 Å². The number of thiazole rings is 1. The fourth-order valence-electron chi connectivity index (χ4n) is 2.19. The van der Waals surface area contributed by atoms with Crippen molar-refractivity contribution in [1.29, 1.82) is 0 Å². The van der Waals surface area contributed by atoms with Crippen molar-refractivity contribution in [2.24, 2.45) is 0 Å². The predicted molar refractivity (Wildman–Crippen MR) is 86.7 cm³/mol. The highest BCUT2D eigenvalue weighted by Crippen LogP contribution is 2.34. The number of nitrogens with one attached hydrogen (secondary N) is 1. The van der Waals surface area contributed by atoms with Crippen LogP contribution in [0.15, 0.2) is 22.9 Å². The van der Waals surface area contributed by atoms with Crippen LogP contribution in [0.25, 0.3) is 9.40 Å². The molecule has 100 valence electrons. The number of likely N-dealkylation sites (N-methyl/N-ethyl adjacent to an activating group) is 1. The molecule has 3 rings (SSSR count). The summed E-state index contributed by atoms with van der Waals surface area (Å²) >= 11 is 5.46. The van der Waals surface area contributed by atoms with Crippen molar-refractivity contribution in [3.63, 3.8) is 0 Å². The molecule has 2 nitrogen and oxygen atoms in total. The molecule has 0 aromatic carbocycles. The molecule has 0 bridgehead atoms. The quantitative estimate of drug-likeness (QED) is 0.744. The van der Waals surface area contributed by atoms with Crippen LogP contribution in [-0.4, -0.2) is 11.5 Å². The molecule has 0 radical (unpaired) electrons. The molecular formula is C14H16N2S3. The molecule has 1 atom stereocenters. The molecule has 3 aromatic rings. The van der Waals surface area contributed by atoms with Gasteiger partial charge in [-0.3, -0.25) is 0 Å². The van der Waals surface area contributed by atoms with E-state index in [1.54, 1.807) is 11.3 Å². The Bertz CT molecular complexity index is 636. The Hall–Kier alpha value is -0.750. The van der Waals surface area contributed by atoms with Crippen molar-refractivity contribution >= 4 is 43.4 Å². The van der Waals surface area contributed by atoms with Gasteiger partial charge in [0.2, 0.25) is 0 Å². The van der Waals surface area contributed by atoms with E-state index in [2.05, 4.69) is 47.0 Å². The highest BCUT2D eigenvalue weighted by molar-refractivity contribution is 7.26. The van der Waals surface area contributed by atoms with E-state index in [1.165, 1.54) is 20.0 Å². The Morgan fingerprint density at radius 3 is 2.89 bits per heavy atom. The smallest absolute Gasteiger partial charge is 0.0897 e. The lowest BCUT2D eigenvalue weighted by Gasteiger charge is -2.14. The van der Waals surface area contributed by atoms with Crippen LogP contribution >= 0.6 is 34.0 Å². The molecule has 0 aliphatic heterocycles. The summed E-state index contributed by atoms with van der Waals surface area (Å²) < 4.78 is 2.80. The van der Waals surface area contributed by atoms with E-state index in [0.717, 1.165) is 18.0 Å². The third kappa shape index (κ3) is 2.89. The second kappa shape index (κ2) is 5.71. The van der Waals surface area contributed by atoms with Gasteiger partial charge in [0.05, 0.1) is 10.7 Å². The molecule has 0 fully saturated rings. The number of nitrogens with zero attached hydrogens (tertiary/aromatic N) is 1. The first kappa shape index (κ1) is 13.2. The van der Waals surface area contributed by atoms with Crippen molar-refractivity contribution in [3.8, 4) is 0 Å². The highest BCUT2D eigenvalue weighted by atomic mass is 32.1. The minimum absolute atomic E-state index is 0.385. The molecule has 0 aliphatic rings.